The lowest BCUT2D eigenvalue weighted by molar-refractivity contribution is 0.0516. The van der Waals surface area contributed by atoms with Gasteiger partial charge in [0.05, 0.1) is 13.2 Å². The van der Waals surface area contributed by atoms with Gasteiger partial charge in [-0.1, -0.05) is 49.4 Å². The van der Waals surface area contributed by atoms with Crippen molar-refractivity contribution < 1.29 is 9.53 Å². The van der Waals surface area contributed by atoms with E-state index < -0.39 is 5.97 Å². The van der Waals surface area contributed by atoms with Crippen LogP contribution in [0.2, 0.25) is 0 Å². The maximum Gasteiger partial charge on any atom is 0.354 e. The minimum atomic E-state index is -0.402. The van der Waals surface area contributed by atoms with Gasteiger partial charge in [0.15, 0.2) is 0 Å². The molecule has 2 aromatic carbocycles. The van der Waals surface area contributed by atoms with E-state index in [0.29, 0.717) is 30.0 Å². The normalized spacial score (nSPS) is 10.4. The van der Waals surface area contributed by atoms with Gasteiger partial charge in [-0.3, -0.25) is 0 Å². The summed E-state index contributed by atoms with van der Waals surface area (Å²) in [7, 11) is 1.82. The zero-order chi connectivity index (χ0) is 20.8. The molecule has 3 rings (SSSR count). The highest BCUT2D eigenvalue weighted by atomic mass is 16.5. The summed E-state index contributed by atoms with van der Waals surface area (Å²) in [6.45, 7) is 12.5. The molecule has 0 amide bonds. The average Bonchev–Trinajstić information content (AvgIpc) is 3.05. The van der Waals surface area contributed by atoms with Gasteiger partial charge in [-0.2, -0.15) is 0 Å². The van der Waals surface area contributed by atoms with Crippen molar-refractivity contribution in [2.45, 2.75) is 26.8 Å². The predicted molar refractivity (Wildman–Crippen MR) is 116 cm³/mol. The summed E-state index contributed by atoms with van der Waals surface area (Å²) in [4.78, 5) is 16.4. The van der Waals surface area contributed by atoms with Crippen LogP contribution in [-0.4, -0.2) is 17.1 Å². The van der Waals surface area contributed by atoms with Crippen molar-refractivity contribution in [2.24, 2.45) is 7.05 Å². The Bertz CT molecular complexity index is 1030. The molecule has 1 aromatic heterocycles. The molecule has 0 saturated carbocycles. The highest BCUT2D eigenvalue weighted by Crippen LogP contribution is 2.40. The molecular weight excluding hydrogens is 362 g/mol. The fourth-order valence-corrected chi connectivity index (χ4v) is 3.51. The molecule has 0 aliphatic carbocycles. The van der Waals surface area contributed by atoms with Gasteiger partial charge in [0.1, 0.15) is 5.69 Å². The second kappa shape index (κ2) is 9.11. The number of carbonyl (C=O) groups is 1. The number of ether oxygens (including phenoxy) is 1. The zero-order valence-corrected chi connectivity index (χ0v) is 17.0. The minimum absolute atomic E-state index is 0.292. The lowest BCUT2D eigenvalue weighted by Crippen LogP contribution is -2.12. The third-order valence-corrected chi connectivity index (χ3v) is 4.92. The third kappa shape index (κ3) is 4.17. The Hall–Kier alpha value is -3.52. The summed E-state index contributed by atoms with van der Waals surface area (Å²) in [5.41, 5.74) is 5.44. The molecule has 29 heavy (non-hydrogen) atoms. The van der Waals surface area contributed by atoms with Crippen molar-refractivity contribution >= 4 is 17.3 Å². The van der Waals surface area contributed by atoms with Gasteiger partial charge >= 0.3 is 5.97 Å². The molecule has 1 N–H and O–H groups in total. The van der Waals surface area contributed by atoms with Gasteiger partial charge in [-0.15, -0.1) is 0 Å². The number of benzene rings is 2. The second-order valence-corrected chi connectivity index (χ2v) is 6.68. The van der Waals surface area contributed by atoms with Crippen molar-refractivity contribution in [2.75, 3.05) is 11.9 Å². The Balaban J connectivity index is 1.95. The monoisotopic (exact) mass is 387 g/mol. The molecule has 0 bridgehead atoms. The van der Waals surface area contributed by atoms with Crippen LogP contribution >= 0.6 is 0 Å². The van der Waals surface area contributed by atoms with Crippen LogP contribution in [0.25, 0.3) is 16.0 Å². The van der Waals surface area contributed by atoms with Gasteiger partial charge in [0.2, 0.25) is 5.69 Å². The smallest absolute Gasteiger partial charge is 0.354 e. The van der Waals surface area contributed by atoms with Crippen LogP contribution in [0.1, 0.15) is 35.6 Å². The van der Waals surface area contributed by atoms with Crippen molar-refractivity contribution in [3.63, 3.8) is 0 Å². The molecule has 5 nitrogen and oxygen atoms in total. The van der Waals surface area contributed by atoms with E-state index in [2.05, 4.69) is 22.3 Å². The maximum atomic E-state index is 12.6. The molecule has 5 heteroatoms. The molecule has 3 aromatic rings. The first-order valence-corrected chi connectivity index (χ1v) is 9.75. The van der Waals surface area contributed by atoms with E-state index in [4.69, 9.17) is 11.3 Å². The number of nitrogens with one attached hydrogen (secondary N) is 1. The third-order valence-electron chi connectivity index (χ3n) is 4.92. The molecule has 0 saturated heterocycles. The first-order chi connectivity index (χ1) is 14.1. The Kier molecular flexibility index (Phi) is 6.36. The molecule has 1 heterocycles. The van der Waals surface area contributed by atoms with Crippen LogP contribution in [0, 0.1) is 6.57 Å². The van der Waals surface area contributed by atoms with Crippen LogP contribution < -0.4 is 5.32 Å². The number of hydrogen-bond acceptors (Lipinski definition) is 3. The Labute approximate surface area is 171 Å². The molecule has 0 radical (unpaired) electrons. The number of rotatable bonds is 7. The Morgan fingerprint density at radius 3 is 2.38 bits per heavy atom. The standard InChI is InChI=1S/C24H25N3O2/c1-5-20-22(25-3)21(23(27(20)4)24(28)29-6-2)18-12-14-19(15-13-18)26-16-17-10-8-7-9-11-17/h7-15,26H,5-6,16H2,1-2,4H3. The van der Waals surface area contributed by atoms with Gasteiger partial charge in [-0.25, -0.2) is 9.64 Å². The Morgan fingerprint density at radius 1 is 1.10 bits per heavy atom. The number of hydrogen-bond donors (Lipinski definition) is 1. The number of esters is 1. The van der Waals surface area contributed by atoms with E-state index in [0.717, 1.165) is 23.5 Å². The second-order valence-electron chi connectivity index (χ2n) is 6.68. The average molecular weight is 387 g/mol. The number of aromatic nitrogens is 1. The molecule has 0 fully saturated rings. The van der Waals surface area contributed by atoms with E-state index in [9.17, 15) is 4.79 Å². The minimum Gasteiger partial charge on any atom is -0.461 e. The molecule has 148 valence electrons. The highest BCUT2D eigenvalue weighted by molar-refractivity contribution is 6.01. The van der Waals surface area contributed by atoms with Crippen LogP contribution in [-0.2, 0) is 24.8 Å². The van der Waals surface area contributed by atoms with Crippen LogP contribution in [0.5, 0.6) is 0 Å². The van der Waals surface area contributed by atoms with Crippen molar-refractivity contribution in [1.82, 2.24) is 4.57 Å². The molecule has 0 atom stereocenters. The fourth-order valence-electron chi connectivity index (χ4n) is 3.51. The van der Waals surface area contributed by atoms with Gasteiger partial charge in [-0.05, 0) is 36.6 Å². The first kappa shape index (κ1) is 20.2. The van der Waals surface area contributed by atoms with E-state index in [-0.39, 0.29) is 0 Å². The summed E-state index contributed by atoms with van der Waals surface area (Å²) in [5, 5.41) is 3.40. The van der Waals surface area contributed by atoms with E-state index in [1.54, 1.807) is 11.5 Å². The first-order valence-electron chi connectivity index (χ1n) is 9.75. The molecule has 0 aliphatic rings. The highest BCUT2D eigenvalue weighted by Gasteiger charge is 2.26. The predicted octanol–water partition coefficient (Wildman–Crippen LogP) is 5.59. The maximum absolute atomic E-state index is 12.6. The molecule has 0 unspecified atom stereocenters. The van der Waals surface area contributed by atoms with Crippen molar-refractivity contribution in [3.8, 4) is 11.1 Å². The van der Waals surface area contributed by atoms with Gasteiger partial charge in [0.25, 0.3) is 0 Å². The van der Waals surface area contributed by atoms with Crippen LogP contribution in [0.15, 0.2) is 54.6 Å². The summed E-state index contributed by atoms with van der Waals surface area (Å²) >= 11 is 0. The molecular formula is C24H25N3O2. The quantitative estimate of drug-likeness (QED) is 0.424. The fraction of sp³-hybridized carbons (Fsp3) is 0.250. The van der Waals surface area contributed by atoms with Gasteiger partial charge in [0, 0.05) is 30.5 Å². The Morgan fingerprint density at radius 2 is 1.79 bits per heavy atom. The summed E-state index contributed by atoms with van der Waals surface area (Å²) in [5.74, 6) is -0.402. The zero-order valence-electron chi connectivity index (χ0n) is 17.0. The van der Waals surface area contributed by atoms with E-state index >= 15 is 0 Å². The van der Waals surface area contributed by atoms with E-state index in [1.807, 2.05) is 56.4 Å². The summed E-state index contributed by atoms with van der Waals surface area (Å²) in [6, 6.07) is 18.0. The number of anilines is 1. The topological polar surface area (TPSA) is 47.6 Å². The summed E-state index contributed by atoms with van der Waals surface area (Å²) < 4.78 is 7.06. The summed E-state index contributed by atoms with van der Waals surface area (Å²) in [6.07, 6.45) is 0.664. The lowest BCUT2D eigenvalue weighted by atomic mass is 10.0. The largest absolute Gasteiger partial charge is 0.461 e. The van der Waals surface area contributed by atoms with Crippen LogP contribution in [0.4, 0.5) is 11.4 Å². The number of nitrogens with zero attached hydrogens (tertiary/aromatic N) is 2. The SMILES string of the molecule is [C-]#[N+]c1c(-c2ccc(NCc3ccccc3)cc2)c(C(=O)OCC)n(C)c1CC. The van der Waals surface area contributed by atoms with Crippen molar-refractivity contribution in [3.05, 3.63) is 83.0 Å². The van der Waals surface area contributed by atoms with E-state index in [1.165, 1.54) is 5.56 Å². The van der Waals surface area contributed by atoms with Crippen LogP contribution in [0.3, 0.4) is 0 Å². The lowest BCUT2D eigenvalue weighted by Gasteiger charge is -2.10. The van der Waals surface area contributed by atoms with Gasteiger partial charge < -0.3 is 14.6 Å². The molecule has 0 spiro atoms. The molecule has 0 aliphatic heterocycles. The van der Waals surface area contributed by atoms with Crippen molar-refractivity contribution in [1.29, 1.82) is 0 Å². The number of carbonyl (C=O) groups excluding carboxylic acids is 1.